The highest BCUT2D eigenvalue weighted by molar-refractivity contribution is 7.91. The van der Waals surface area contributed by atoms with Crippen LogP contribution < -0.4 is 10.6 Å². The second-order valence-corrected chi connectivity index (χ2v) is 5.78. The highest BCUT2D eigenvalue weighted by Crippen LogP contribution is 2.26. The Hall–Kier alpha value is -1.08. The van der Waals surface area contributed by atoms with Gasteiger partial charge in [0.2, 0.25) is 5.95 Å². The van der Waals surface area contributed by atoms with Crippen molar-refractivity contribution in [3.05, 3.63) is 5.15 Å². The SMILES string of the molecule is CCN(CC)c1nc(N)c(S(C)(=O)=O)c(Cl)n1. The quantitative estimate of drug-likeness (QED) is 0.825. The molecule has 0 fully saturated rings. The monoisotopic (exact) mass is 278 g/mol. The third-order valence-electron chi connectivity index (χ3n) is 2.26. The van der Waals surface area contributed by atoms with E-state index in [-0.39, 0.29) is 15.9 Å². The number of aromatic nitrogens is 2. The summed E-state index contributed by atoms with van der Waals surface area (Å²) >= 11 is 5.84. The molecule has 1 heterocycles. The van der Waals surface area contributed by atoms with Crippen LogP contribution in [0.4, 0.5) is 11.8 Å². The summed E-state index contributed by atoms with van der Waals surface area (Å²) in [6, 6.07) is 0. The molecule has 1 aromatic heterocycles. The van der Waals surface area contributed by atoms with Crippen LogP contribution in [0.5, 0.6) is 0 Å². The van der Waals surface area contributed by atoms with Crippen molar-refractivity contribution in [2.45, 2.75) is 18.7 Å². The van der Waals surface area contributed by atoms with E-state index >= 15 is 0 Å². The van der Waals surface area contributed by atoms with E-state index in [0.717, 1.165) is 6.26 Å². The lowest BCUT2D eigenvalue weighted by Gasteiger charge is -2.19. The zero-order valence-corrected chi connectivity index (χ0v) is 11.5. The van der Waals surface area contributed by atoms with E-state index in [2.05, 4.69) is 9.97 Å². The minimum absolute atomic E-state index is 0.116. The van der Waals surface area contributed by atoms with Crippen molar-refractivity contribution in [1.82, 2.24) is 9.97 Å². The molecule has 0 bridgehead atoms. The molecular weight excluding hydrogens is 264 g/mol. The van der Waals surface area contributed by atoms with Crippen molar-refractivity contribution in [3.8, 4) is 0 Å². The van der Waals surface area contributed by atoms with Crippen molar-refractivity contribution < 1.29 is 8.42 Å². The fourth-order valence-corrected chi connectivity index (χ4v) is 2.79. The predicted octanol–water partition coefficient (Wildman–Crippen LogP) is 0.962. The molecule has 1 aromatic rings. The van der Waals surface area contributed by atoms with Crippen molar-refractivity contribution in [2.75, 3.05) is 30.0 Å². The van der Waals surface area contributed by atoms with Gasteiger partial charge in [-0.3, -0.25) is 0 Å². The second kappa shape index (κ2) is 5.05. The second-order valence-electron chi connectivity index (χ2n) is 3.47. The fraction of sp³-hybridized carbons (Fsp3) is 0.556. The van der Waals surface area contributed by atoms with Crippen LogP contribution in [-0.2, 0) is 9.84 Å². The van der Waals surface area contributed by atoms with Gasteiger partial charge in [-0.05, 0) is 13.8 Å². The Kier molecular flexibility index (Phi) is 4.16. The first kappa shape index (κ1) is 14.0. The maximum atomic E-state index is 11.4. The first-order chi connectivity index (χ1) is 7.81. The van der Waals surface area contributed by atoms with Gasteiger partial charge in [0.25, 0.3) is 0 Å². The number of rotatable bonds is 4. The molecule has 0 aliphatic carbocycles. The number of hydrogen-bond acceptors (Lipinski definition) is 6. The summed E-state index contributed by atoms with van der Waals surface area (Å²) in [5.74, 6) is 0.222. The molecule has 8 heteroatoms. The average Bonchev–Trinajstić information content (AvgIpc) is 2.16. The van der Waals surface area contributed by atoms with Gasteiger partial charge in [-0.2, -0.15) is 9.97 Å². The maximum Gasteiger partial charge on any atom is 0.228 e. The summed E-state index contributed by atoms with van der Waals surface area (Å²) in [7, 11) is -3.52. The van der Waals surface area contributed by atoms with Gasteiger partial charge in [0, 0.05) is 19.3 Å². The van der Waals surface area contributed by atoms with Gasteiger partial charge in [0.1, 0.15) is 10.7 Å². The van der Waals surface area contributed by atoms with Crippen LogP contribution >= 0.6 is 11.6 Å². The Morgan fingerprint density at radius 2 is 1.82 bits per heavy atom. The molecule has 0 aliphatic heterocycles. The summed E-state index contributed by atoms with van der Waals surface area (Å²) in [4.78, 5) is 9.55. The van der Waals surface area contributed by atoms with Gasteiger partial charge in [0.15, 0.2) is 15.0 Å². The van der Waals surface area contributed by atoms with Crippen LogP contribution in [0.3, 0.4) is 0 Å². The number of anilines is 2. The number of nitrogens with zero attached hydrogens (tertiary/aromatic N) is 3. The Labute approximate surface area is 106 Å². The van der Waals surface area contributed by atoms with Crippen molar-refractivity contribution in [2.24, 2.45) is 0 Å². The van der Waals surface area contributed by atoms with E-state index < -0.39 is 9.84 Å². The Bertz CT molecular complexity index is 491. The Morgan fingerprint density at radius 1 is 1.29 bits per heavy atom. The standard InChI is InChI=1S/C9H15ClN4O2S/c1-4-14(5-2)9-12-7(10)6(8(11)13-9)17(3,15)16/h4-5H2,1-3H3,(H2,11,12,13). The number of sulfone groups is 1. The van der Waals surface area contributed by atoms with E-state index in [1.807, 2.05) is 18.7 Å². The topological polar surface area (TPSA) is 89.2 Å². The lowest BCUT2D eigenvalue weighted by Crippen LogP contribution is -2.25. The largest absolute Gasteiger partial charge is 0.382 e. The number of nitrogens with two attached hydrogens (primary N) is 1. The molecule has 2 N–H and O–H groups in total. The lowest BCUT2D eigenvalue weighted by molar-refractivity contribution is 0.601. The van der Waals surface area contributed by atoms with Crippen LogP contribution in [0, 0.1) is 0 Å². The molecular formula is C9H15ClN4O2S. The Balaban J connectivity index is 3.37. The first-order valence-electron chi connectivity index (χ1n) is 5.09. The minimum atomic E-state index is -3.52. The minimum Gasteiger partial charge on any atom is -0.382 e. The molecule has 0 amide bonds. The van der Waals surface area contributed by atoms with Crippen LogP contribution in [0.15, 0.2) is 4.90 Å². The number of hydrogen-bond donors (Lipinski definition) is 1. The third kappa shape index (κ3) is 2.98. The molecule has 0 unspecified atom stereocenters. The van der Waals surface area contributed by atoms with Gasteiger partial charge in [-0.25, -0.2) is 8.42 Å². The van der Waals surface area contributed by atoms with Crippen molar-refractivity contribution in [1.29, 1.82) is 0 Å². The van der Waals surface area contributed by atoms with Crippen molar-refractivity contribution in [3.63, 3.8) is 0 Å². The van der Waals surface area contributed by atoms with E-state index in [9.17, 15) is 8.42 Å². The third-order valence-corrected chi connectivity index (χ3v) is 3.79. The highest BCUT2D eigenvalue weighted by Gasteiger charge is 2.21. The van der Waals surface area contributed by atoms with Crippen LogP contribution in [-0.4, -0.2) is 37.7 Å². The van der Waals surface area contributed by atoms with E-state index in [0.29, 0.717) is 19.0 Å². The van der Waals surface area contributed by atoms with Crippen molar-refractivity contribution >= 4 is 33.2 Å². The number of nitrogen functional groups attached to an aromatic ring is 1. The van der Waals surface area contributed by atoms with Gasteiger partial charge in [0.05, 0.1) is 0 Å². The fourth-order valence-electron chi connectivity index (χ4n) is 1.42. The highest BCUT2D eigenvalue weighted by atomic mass is 35.5. The Morgan fingerprint density at radius 3 is 2.18 bits per heavy atom. The summed E-state index contributed by atoms with van der Waals surface area (Å²) in [6.07, 6.45) is 1.02. The lowest BCUT2D eigenvalue weighted by atomic mass is 10.5. The summed E-state index contributed by atoms with van der Waals surface area (Å²) < 4.78 is 22.9. The molecule has 0 spiro atoms. The molecule has 96 valence electrons. The van der Waals surface area contributed by atoms with Crippen LogP contribution in [0.2, 0.25) is 5.15 Å². The first-order valence-corrected chi connectivity index (χ1v) is 7.36. The van der Waals surface area contributed by atoms with Gasteiger partial charge < -0.3 is 10.6 Å². The normalized spacial score (nSPS) is 11.5. The molecule has 0 atom stereocenters. The van der Waals surface area contributed by atoms with Gasteiger partial charge >= 0.3 is 0 Å². The molecule has 0 aromatic carbocycles. The molecule has 17 heavy (non-hydrogen) atoms. The van der Waals surface area contributed by atoms with Gasteiger partial charge in [-0.15, -0.1) is 0 Å². The zero-order chi connectivity index (χ0) is 13.2. The molecule has 6 nitrogen and oxygen atoms in total. The molecule has 0 saturated carbocycles. The van der Waals surface area contributed by atoms with Crippen LogP contribution in [0.25, 0.3) is 0 Å². The predicted molar refractivity (Wildman–Crippen MR) is 68.1 cm³/mol. The molecule has 0 radical (unpaired) electrons. The zero-order valence-electron chi connectivity index (χ0n) is 9.94. The number of halogens is 1. The molecule has 0 aliphatic rings. The smallest absolute Gasteiger partial charge is 0.228 e. The maximum absolute atomic E-state index is 11.4. The van der Waals surface area contributed by atoms with E-state index in [4.69, 9.17) is 17.3 Å². The summed E-state index contributed by atoms with van der Waals surface area (Å²) in [5, 5.41) is -0.137. The summed E-state index contributed by atoms with van der Waals surface area (Å²) in [6.45, 7) is 5.23. The average molecular weight is 279 g/mol. The van der Waals surface area contributed by atoms with E-state index in [1.54, 1.807) is 0 Å². The summed E-state index contributed by atoms with van der Waals surface area (Å²) in [5.41, 5.74) is 5.61. The van der Waals surface area contributed by atoms with E-state index in [1.165, 1.54) is 0 Å². The molecule has 1 rings (SSSR count). The van der Waals surface area contributed by atoms with Crippen LogP contribution in [0.1, 0.15) is 13.8 Å². The van der Waals surface area contributed by atoms with Gasteiger partial charge in [-0.1, -0.05) is 11.6 Å². The molecule has 0 saturated heterocycles.